The van der Waals surface area contributed by atoms with Crippen LogP contribution in [0.4, 0.5) is 4.39 Å². The Morgan fingerprint density at radius 2 is 2.03 bits per heavy atom. The number of hydrogen-bond donors (Lipinski definition) is 3. The van der Waals surface area contributed by atoms with Crippen molar-refractivity contribution in [3.8, 4) is 0 Å². The van der Waals surface area contributed by atoms with Gasteiger partial charge in [-0.15, -0.1) is 0 Å². The number of ether oxygens (including phenoxy) is 1. The number of nitrogens with zero attached hydrogens (tertiary/aromatic N) is 2. The summed E-state index contributed by atoms with van der Waals surface area (Å²) in [6.07, 6.45) is 1.97. The van der Waals surface area contributed by atoms with Gasteiger partial charge in [-0.1, -0.05) is 20.8 Å². The number of halogens is 1. The zero-order valence-electron chi connectivity index (χ0n) is 19.8. The Morgan fingerprint density at radius 1 is 1.29 bits per heavy atom. The van der Waals surface area contributed by atoms with Crippen molar-refractivity contribution in [1.29, 1.82) is 0 Å². The summed E-state index contributed by atoms with van der Waals surface area (Å²) < 4.78 is 21.2. The molecule has 3 N–H and O–H groups in total. The van der Waals surface area contributed by atoms with Crippen LogP contribution in [0.3, 0.4) is 0 Å². The van der Waals surface area contributed by atoms with E-state index in [1.54, 1.807) is 10.7 Å². The Labute approximate surface area is 197 Å². The van der Waals surface area contributed by atoms with Gasteiger partial charge in [-0.05, 0) is 42.4 Å². The van der Waals surface area contributed by atoms with Crippen molar-refractivity contribution >= 4 is 28.6 Å². The molecule has 34 heavy (non-hydrogen) atoms. The first-order chi connectivity index (χ1) is 16.1. The van der Waals surface area contributed by atoms with Crippen LogP contribution in [0.25, 0.3) is 10.9 Å². The van der Waals surface area contributed by atoms with Gasteiger partial charge in [-0.2, -0.15) is 5.10 Å². The Balaban J connectivity index is 1.57. The summed E-state index contributed by atoms with van der Waals surface area (Å²) in [6, 6.07) is 3.07. The fourth-order valence-corrected chi connectivity index (χ4v) is 4.49. The van der Waals surface area contributed by atoms with E-state index in [1.807, 2.05) is 20.8 Å². The van der Waals surface area contributed by atoms with Crippen LogP contribution in [0, 0.1) is 17.2 Å². The van der Waals surface area contributed by atoms with E-state index in [0.29, 0.717) is 43.1 Å². The van der Waals surface area contributed by atoms with Gasteiger partial charge in [0.05, 0.1) is 11.6 Å². The minimum Gasteiger partial charge on any atom is -0.381 e. The summed E-state index contributed by atoms with van der Waals surface area (Å²) in [7, 11) is 0. The first-order valence-corrected chi connectivity index (χ1v) is 11.7. The molecular formula is C24H32FN5O4. The van der Waals surface area contributed by atoms with Crippen LogP contribution in [0.5, 0.6) is 0 Å². The fourth-order valence-electron chi connectivity index (χ4n) is 4.49. The monoisotopic (exact) mass is 473 g/mol. The lowest BCUT2D eigenvalue weighted by molar-refractivity contribution is -0.126. The number of nitrogens with one attached hydrogen (secondary N) is 3. The van der Waals surface area contributed by atoms with Crippen LogP contribution in [0.2, 0.25) is 0 Å². The molecule has 10 heteroatoms. The molecule has 2 aromatic rings. The Bertz CT molecular complexity index is 1090. The molecule has 0 bridgehead atoms. The highest BCUT2D eigenvalue weighted by atomic mass is 19.1. The summed E-state index contributed by atoms with van der Waals surface area (Å²) in [5.74, 6) is -1.06. The molecule has 0 aliphatic carbocycles. The molecule has 1 aromatic carbocycles. The number of aromatic nitrogens is 2. The summed E-state index contributed by atoms with van der Waals surface area (Å²) in [5.41, 5.74) is 0.105. The highest BCUT2D eigenvalue weighted by Gasteiger charge is 2.36. The summed E-state index contributed by atoms with van der Waals surface area (Å²) in [6.45, 7) is 7.84. The molecule has 0 saturated carbocycles. The Hall–Kier alpha value is -3.01. The predicted molar refractivity (Wildman–Crippen MR) is 124 cm³/mol. The summed E-state index contributed by atoms with van der Waals surface area (Å²) in [4.78, 5) is 37.9. The molecule has 1 aromatic heterocycles. The quantitative estimate of drug-likeness (QED) is 0.592. The number of hydrogen-bond acceptors (Lipinski definition) is 5. The third kappa shape index (κ3) is 5.38. The lowest BCUT2D eigenvalue weighted by Gasteiger charge is -2.31. The van der Waals surface area contributed by atoms with E-state index in [0.717, 1.165) is 12.8 Å². The topological polar surface area (TPSA) is 114 Å². The van der Waals surface area contributed by atoms with E-state index in [1.165, 1.54) is 12.1 Å². The molecule has 2 aliphatic heterocycles. The van der Waals surface area contributed by atoms with Gasteiger partial charge in [0.15, 0.2) is 5.69 Å². The number of rotatable bonds is 6. The average molecular weight is 474 g/mol. The molecule has 0 unspecified atom stereocenters. The zero-order chi connectivity index (χ0) is 24.5. The minimum atomic E-state index is -0.855. The second-order valence-corrected chi connectivity index (χ2v) is 10.2. The smallest absolute Gasteiger partial charge is 0.273 e. The van der Waals surface area contributed by atoms with Crippen molar-refractivity contribution in [1.82, 2.24) is 25.7 Å². The molecule has 2 atom stereocenters. The summed E-state index contributed by atoms with van der Waals surface area (Å²) >= 11 is 0. The highest BCUT2D eigenvalue weighted by Crippen LogP contribution is 2.25. The number of carbonyl (C=O) groups excluding carboxylic acids is 3. The average Bonchev–Trinajstić information content (AvgIpc) is 3.34. The molecule has 9 nitrogen and oxygen atoms in total. The van der Waals surface area contributed by atoms with Gasteiger partial charge < -0.3 is 20.7 Å². The maximum absolute atomic E-state index is 14.1. The zero-order valence-corrected chi connectivity index (χ0v) is 19.8. The van der Waals surface area contributed by atoms with Crippen molar-refractivity contribution < 1.29 is 23.5 Å². The van der Waals surface area contributed by atoms with E-state index in [-0.39, 0.29) is 30.0 Å². The molecule has 4 rings (SSSR count). The van der Waals surface area contributed by atoms with Gasteiger partial charge in [0.1, 0.15) is 11.9 Å². The maximum Gasteiger partial charge on any atom is 0.273 e. The molecule has 0 radical (unpaired) electrons. The van der Waals surface area contributed by atoms with Gasteiger partial charge in [-0.25, -0.2) is 4.39 Å². The number of benzene rings is 1. The van der Waals surface area contributed by atoms with Gasteiger partial charge in [-0.3, -0.25) is 19.1 Å². The largest absolute Gasteiger partial charge is 0.381 e. The molecular weight excluding hydrogens is 441 g/mol. The summed E-state index contributed by atoms with van der Waals surface area (Å²) in [5, 5.41) is 13.5. The van der Waals surface area contributed by atoms with E-state index in [4.69, 9.17) is 4.74 Å². The van der Waals surface area contributed by atoms with E-state index >= 15 is 0 Å². The van der Waals surface area contributed by atoms with E-state index in [2.05, 4.69) is 21.0 Å². The third-order valence-electron chi connectivity index (χ3n) is 6.43. The SMILES string of the molecule is CC(C)(C)[C@H](NC(=O)c1nn(CC2CCOCC2)c2cc(F)ccc12)C(=O)N[C@@H]1CNC(=O)C1. The molecule has 0 spiro atoms. The van der Waals surface area contributed by atoms with Crippen LogP contribution in [0.1, 0.15) is 50.5 Å². The molecule has 2 saturated heterocycles. The van der Waals surface area contributed by atoms with Crippen LogP contribution < -0.4 is 16.0 Å². The predicted octanol–water partition coefficient (Wildman–Crippen LogP) is 1.75. The highest BCUT2D eigenvalue weighted by molar-refractivity contribution is 6.06. The fraction of sp³-hybridized carbons (Fsp3) is 0.583. The Kier molecular flexibility index (Phi) is 6.88. The van der Waals surface area contributed by atoms with Crippen LogP contribution in [0.15, 0.2) is 18.2 Å². The first-order valence-electron chi connectivity index (χ1n) is 11.7. The maximum atomic E-state index is 14.1. The Morgan fingerprint density at radius 3 is 2.68 bits per heavy atom. The van der Waals surface area contributed by atoms with Gasteiger partial charge >= 0.3 is 0 Å². The van der Waals surface area contributed by atoms with Crippen LogP contribution in [-0.2, 0) is 20.9 Å². The molecule has 3 heterocycles. The first kappa shape index (κ1) is 24.1. The second kappa shape index (κ2) is 9.69. The lowest BCUT2D eigenvalue weighted by atomic mass is 9.85. The van der Waals surface area contributed by atoms with Gasteiger partial charge in [0.25, 0.3) is 5.91 Å². The van der Waals surface area contributed by atoms with Crippen molar-refractivity contribution in [3.63, 3.8) is 0 Å². The minimum absolute atomic E-state index is 0.115. The lowest BCUT2D eigenvalue weighted by Crippen LogP contribution is -2.55. The number of carbonyl (C=O) groups is 3. The van der Waals surface area contributed by atoms with Crippen molar-refractivity contribution in [2.45, 2.75) is 58.7 Å². The van der Waals surface area contributed by atoms with E-state index < -0.39 is 23.2 Å². The van der Waals surface area contributed by atoms with Crippen molar-refractivity contribution in [2.24, 2.45) is 11.3 Å². The second-order valence-electron chi connectivity index (χ2n) is 10.2. The van der Waals surface area contributed by atoms with Gasteiger partial charge in [0, 0.05) is 38.1 Å². The van der Waals surface area contributed by atoms with Crippen LogP contribution in [-0.4, -0.2) is 59.3 Å². The number of amides is 3. The third-order valence-corrected chi connectivity index (χ3v) is 6.43. The van der Waals surface area contributed by atoms with Gasteiger partial charge in [0.2, 0.25) is 11.8 Å². The standard InChI is InChI=1S/C24H32FN5O4/c1-24(2,3)21(23(33)27-16-11-19(31)26-12-16)28-22(32)20-17-5-4-15(25)10-18(17)30(29-20)13-14-6-8-34-9-7-14/h4-5,10,14,16,21H,6-9,11-13H2,1-3H3,(H,26,31)(H,27,33)(H,28,32)/t16-,21+/m0/s1. The molecule has 2 fully saturated rings. The van der Waals surface area contributed by atoms with Crippen molar-refractivity contribution in [3.05, 3.63) is 29.7 Å². The molecule has 3 amide bonds. The van der Waals surface area contributed by atoms with Crippen LogP contribution >= 0.6 is 0 Å². The van der Waals surface area contributed by atoms with E-state index in [9.17, 15) is 18.8 Å². The van der Waals surface area contributed by atoms with Crippen molar-refractivity contribution in [2.75, 3.05) is 19.8 Å². The normalized spacial score (nSPS) is 20.2. The molecule has 2 aliphatic rings. The molecule has 184 valence electrons. The number of fused-ring (bicyclic) bond motifs is 1.